The number of hydrogen-bond donors (Lipinski definition) is 0. The van der Waals surface area contributed by atoms with E-state index in [1.807, 2.05) is 31.2 Å². The van der Waals surface area contributed by atoms with Crippen LogP contribution in [-0.2, 0) is 6.42 Å². The third-order valence-corrected chi connectivity index (χ3v) is 7.57. The van der Waals surface area contributed by atoms with Gasteiger partial charge in [-0.25, -0.2) is 13.2 Å². The van der Waals surface area contributed by atoms with E-state index >= 15 is 4.39 Å². The van der Waals surface area contributed by atoms with Crippen LogP contribution in [0.4, 0.5) is 13.2 Å². The Bertz CT molecular complexity index is 1010. The van der Waals surface area contributed by atoms with Crippen LogP contribution in [0.5, 0.6) is 0 Å². The van der Waals surface area contributed by atoms with Crippen LogP contribution < -0.4 is 0 Å². The Morgan fingerprint density at radius 3 is 2.24 bits per heavy atom. The number of halogens is 3. The predicted molar refractivity (Wildman–Crippen MR) is 131 cm³/mol. The molecule has 0 aliphatic heterocycles. The van der Waals surface area contributed by atoms with Crippen LogP contribution in [0.25, 0.3) is 11.1 Å². The summed E-state index contributed by atoms with van der Waals surface area (Å²) in [7, 11) is 0. The van der Waals surface area contributed by atoms with Crippen LogP contribution in [0.3, 0.4) is 0 Å². The van der Waals surface area contributed by atoms with Crippen LogP contribution in [0.1, 0.15) is 82.3 Å². The van der Waals surface area contributed by atoms with Crippen LogP contribution in [0.2, 0.25) is 0 Å². The van der Waals surface area contributed by atoms with Crippen molar-refractivity contribution in [2.75, 3.05) is 0 Å². The molecule has 0 spiro atoms. The molecule has 0 amide bonds. The fourth-order valence-corrected chi connectivity index (χ4v) is 5.37. The molecular weight excluding hydrogens is 417 g/mol. The average Bonchev–Trinajstić information content (AvgIpc) is 2.83. The van der Waals surface area contributed by atoms with Crippen molar-refractivity contribution in [1.29, 1.82) is 0 Å². The van der Waals surface area contributed by atoms with Crippen LogP contribution in [0, 0.1) is 23.5 Å². The van der Waals surface area contributed by atoms with E-state index < -0.39 is 11.6 Å². The van der Waals surface area contributed by atoms with Gasteiger partial charge in [0.2, 0.25) is 0 Å². The molecule has 176 valence electrons. The summed E-state index contributed by atoms with van der Waals surface area (Å²) in [6.07, 6.45) is 12.4. The van der Waals surface area contributed by atoms with Crippen molar-refractivity contribution >= 4 is 0 Å². The highest BCUT2D eigenvalue weighted by molar-refractivity contribution is 5.65. The van der Waals surface area contributed by atoms with Crippen molar-refractivity contribution in [2.45, 2.75) is 77.6 Å². The first-order chi connectivity index (χ1) is 16.0. The van der Waals surface area contributed by atoms with E-state index in [1.165, 1.54) is 5.56 Å². The van der Waals surface area contributed by atoms with E-state index in [1.54, 1.807) is 18.2 Å². The molecule has 2 aromatic carbocycles. The van der Waals surface area contributed by atoms with Gasteiger partial charge in [0.15, 0.2) is 11.6 Å². The van der Waals surface area contributed by atoms with Crippen molar-refractivity contribution in [3.8, 4) is 11.1 Å². The molecule has 1 atom stereocenters. The third-order valence-electron chi connectivity index (χ3n) is 7.57. The number of rotatable bonds is 7. The second-order valence-corrected chi connectivity index (χ2v) is 9.98. The minimum Gasteiger partial charge on any atom is -0.212 e. The Balaban J connectivity index is 1.36. The van der Waals surface area contributed by atoms with Gasteiger partial charge in [0.05, 0.1) is 0 Å². The van der Waals surface area contributed by atoms with Gasteiger partial charge in [-0.05, 0) is 91.5 Å². The predicted octanol–water partition coefficient (Wildman–Crippen LogP) is 9.46. The monoisotopic (exact) mass is 452 g/mol. The van der Waals surface area contributed by atoms with Gasteiger partial charge in [0.1, 0.15) is 5.83 Å². The zero-order valence-electron chi connectivity index (χ0n) is 19.8. The minimum atomic E-state index is -0.731. The molecule has 0 nitrogen and oxygen atoms in total. The zero-order chi connectivity index (χ0) is 23.4. The Morgan fingerprint density at radius 2 is 1.58 bits per heavy atom. The molecule has 2 aliphatic rings. The molecule has 1 fully saturated rings. The first-order valence-electron chi connectivity index (χ1n) is 12.6. The number of aryl methyl sites for hydroxylation is 1. The lowest BCUT2D eigenvalue weighted by atomic mass is 9.76. The standard InChI is InChI=1S/C30H35F3/c1-3-4-21-9-13-24(14-10-21)26-17-18-27(30(33)29(26)32)25-15-11-22(12-16-25)7-8-23-6-5-20(2)28(31)19-23/h6,9-10,13-14,17-20,22,25H,3-5,7-8,11-12,15-16H2,1-2H3. The maximum atomic E-state index is 15.1. The molecule has 3 heteroatoms. The molecular formula is C30H35F3. The van der Waals surface area contributed by atoms with E-state index in [9.17, 15) is 8.78 Å². The molecule has 0 aromatic heterocycles. The molecule has 0 N–H and O–H groups in total. The summed E-state index contributed by atoms with van der Waals surface area (Å²) in [4.78, 5) is 0. The van der Waals surface area contributed by atoms with E-state index in [0.717, 1.165) is 68.9 Å². The quantitative estimate of drug-likeness (QED) is 0.392. The number of allylic oxidation sites excluding steroid dienone is 4. The van der Waals surface area contributed by atoms with Gasteiger partial charge in [-0.15, -0.1) is 0 Å². The Kier molecular flexibility index (Phi) is 7.78. The van der Waals surface area contributed by atoms with Crippen molar-refractivity contribution in [3.05, 3.63) is 82.7 Å². The van der Waals surface area contributed by atoms with Gasteiger partial charge in [-0.3, -0.25) is 0 Å². The van der Waals surface area contributed by atoms with E-state index in [2.05, 4.69) is 13.0 Å². The molecule has 33 heavy (non-hydrogen) atoms. The molecule has 0 radical (unpaired) electrons. The summed E-state index contributed by atoms with van der Waals surface area (Å²) in [5.41, 5.74) is 3.90. The lowest BCUT2D eigenvalue weighted by Crippen LogP contribution is -2.15. The van der Waals surface area contributed by atoms with Gasteiger partial charge >= 0.3 is 0 Å². The Morgan fingerprint density at radius 1 is 0.848 bits per heavy atom. The molecule has 4 rings (SSSR count). The summed E-state index contributed by atoms with van der Waals surface area (Å²) in [6, 6.07) is 11.3. The van der Waals surface area contributed by atoms with Gasteiger partial charge in [-0.2, -0.15) is 0 Å². The SMILES string of the molecule is CCCc1ccc(-c2ccc(C3CCC(CCC4=CCC(C)C(F)=C4)CC3)c(F)c2F)cc1. The van der Waals surface area contributed by atoms with Crippen LogP contribution >= 0.6 is 0 Å². The smallest absolute Gasteiger partial charge is 0.166 e. The summed E-state index contributed by atoms with van der Waals surface area (Å²) >= 11 is 0. The molecule has 0 saturated heterocycles. The summed E-state index contributed by atoms with van der Waals surface area (Å²) in [5.74, 6) is -0.767. The molecule has 2 aromatic rings. The van der Waals surface area contributed by atoms with Crippen molar-refractivity contribution in [1.82, 2.24) is 0 Å². The summed E-state index contributed by atoms with van der Waals surface area (Å²) in [5, 5.41) is 0. The van der Waals surface area contributed by atoms with E-state index in [4.69, 9.17) is 0 Å². The topological polar surface area (TPSA) is 0 Å². The fourth-order valence-electron chi connectivity index (χ4n) is 5.37. The molecule has 1 saturated carbocycles. The van der Waals surface area contributed by atoms with E-state index in [-0.39, 0.29) is 17.7 Å². The second-order valence-electron chi connectivity index (χ2n) is 9.98. The van der Waals surface area contributed by atoms with Gasteiger partial charge in [-0.1, -0.05) is 62.7 Å². The molecule has 2 aliphatic carbocycles. The van der Waals surface area contributed by atoms with Crippen LogP contribution in [-0.4, -0.2) is 0 Å². The van der Waals surface area contributed by atoms with Crippen molar-refractivity contribution < 1.29 is 13.2 Å². The highest BCUT2D eigenvalue weighted by Crippen LogP contribution is 2.41. The van der Waals surface area contributed by atoms with Crippen LogP contribution in [0.15, 0.2) is 60.0 Å². The van der Waals surface area contributed by atoms with Gasteiger partial charge < -0.3 is 0 Å². The third kappa shape index (κ3) is 5.62. The lowest BCUT2D eigenvalue weighted by molar-refractivity contribution is 0.305. The summed E-state index contributed by atoms with van der Waals surface area (Å²) < 4.78 is 43.9. The fraction of sp³-hybridized carbons (Fsp3) is 0.467. The second kappa shape index (κ2) is 10.8. The Hall–Kier alpha value is -2.29. The maximum absolute atomic E-state index is 15.1. The lowest BCUT2D eigenvalue weighted by Gasteiger charge is -2.29. The average molecular weight is 453 g/mol. The first-order valence-corrected chi connectivity index (χ1v) is 12.6. The number of benzene rings is 2. The van der Waals surface area contributed by atoms with E-state index in [0.29, 0.717) is 17.0 Å². The maximum Gasteiger partial charge on any atom is 0.166 e. The van der Waals surface area contributed by atoms with Gasteiger partial charge in [0, 0.05) is 11.5 Å². The van der Waals surface area contributed by atoms with Crippen molar-refractivity contribution in [3.63, 3.8) is 0 Å². The molecule has 1 unspecified atom stereocenters. The first kappa shape index (κ1) is 23.9. The molecule has 0 heterocycles. The summed E-state index contributed by atoms with van der Waals surface area (Å²) in [6.45, 7) is 4.04. The number of hydrogen-bond acceptors (Lipinski definition) is 0. The Labute approximate surface area is 196 Å². The van der Waals surface area contributed by atoms with Gasteiger partial charge in [0.25, 0.3) is 0 Å². The van der Waals surface area contributed by atoms with Crippen molar-refractivity contribution in [2.24, 2.45) is 11.8 Å². The minimum absolute atomic E-state index is 0.00550. The highest BCUT2D eigenvalue weighted by Gasteiger charge is 2.27. The normalized spacial score (nSPS) is 23.2. The largest absolute Gasteiger partial charge is 0.212 e. The zero-order valence-corrected chi connectivity index (χ0v) is 19.8. The highest BCUT2D eigenvalue weighted by atomic mass is 19.2. The molecule has 0 bridgehead atoms.